The molecule has 4 aromatic carbocycles. The predicted molar refractivity (Wildman–Crippen MR) is 134 cm³/mol. The van der Waals surface area contributed by atoms with Crippen molar-refractivity contribution in [3.63, 3.8) is 0 Å². The summed E-state index contributed by atoms with van der Waals surface area (Å²) in [5.74, 6) is -0.312. The minimum absolute atomic E-state index is 0.156. The molecule has 166 valence electrons. The molecule has 0 amide bonds. The Labute approximate surface area is 197 Å². The fourth-order valence-corrected chi connectivity index (χ4v) is 4.20. The van der Waals surface area contributed by atoms with Gasteiger partial charge in [0.05, 0.1) is 11.4 Å². The molecule has 0 aromatic heterocycles. The molecule has 1 N–H and O–H groups in total. The molecule has 5 rings (SSSR count). The number of aliphatic imine (C=N–C) groups is 1. The van der Waals surface area contributed by atoms with E-state index in [1.54, 1.807) is 18.2 Å². The van der Waals surface area contributed by atoms with Crippen molar-refractivity contribution in [2.75, 3.05) is 0 Å². The molecule has 0 aliphatic carbocycles. The molecule has 4 aromatic rings. The maximum atomic E-state index is 13.2. The molecule has 0 saturated heterocycles. The summed E-state index contributed by atoms with van der Waals surface area (Å²) in [5.41, 5.74) is 7.32. The van der Waals surface area contributed by atoms with Crippen LogP contribution in [0.25, 0.3) is 11.3 Å². The van der Waals surface area contributed by atoms with E-state index in [1.807, 2.05) is 61.5 Å². The topological polar surface area (TPSA) is 49.7 Å². The number of aryl methyl sites for hydroxylation is 1. The van der Waals surface area contributed by atoms with E-state index >= 15 is 0 Å². The fourth-order valence-electron chi connectivity index (χ4n) is 4.20. The van der Waals surface area contributed by atoms with E-state index in [2.05, 4.69) is 0 Å². The number of carbonyl (C=O) groups is 1. The van der Waals surface area contributed by atoms with Gasteiger partial charge in [-0.1, -0.05) is 60.7 Å². The van der Waals surface area contributed by atoms with E-state index in [-0.39, 0.29) is 17.3 Å². The van der Waals surface area contributed by atoms with Crippen molar-refractivity contribution < 1.29 is 14.3 Å². The Kier molecular flexibility index (Phi) is 5.64. The van der Waals surface area contributed by atoms with Gasteiger partial charge >= 0.3 is 0 Å². The Balaban J connectivity index is 1.51. The minimum atomic E-state index is -0.371. The molecular weight excluding hydrogens is 425 g/mol. The Bertz CT molecular complexity index is 1430. The number of hydrogen-bond donors (Lipinski definition) is 1. The molecule has 3 nitrogen and oxygen atoms in total. The fraction of sp³-hybridized carbons (Fsp3) is 0.0667. The number of halogens is 1. The number of hydrogen-bond acceptors (Lipinski definition) is 3. The molecule has 0 saturated carbocycles. The zero-order chi connectivity index (χ0) is 23.7. The van der Waals surface area contributed by atoms with Crippen LogP contribution >= 0.6 is 0 Å². The lowest BCUT2D eigenvalue weighted by molar-refractivity contribution is 0.103. The lowest BCUT2D eigenvalue weighted by Gasteiger charge is -2.09. The maximum Gasteiger partial charge on any atom is 0.193 e. The van der Waals surface area contributed by atoms with Gasteiger partial charge in [-0.2, -0.15) is 0 Å². The summed E-state index contributed by atoms with van der Waals surface area (Å²) in [7, 11) is 0. The molecule has 0 atom stereocenters. The third kappa shape index (κ3) is 4.18. The van der Waals surface area contributed by atoms with E-state index in [0.717, 1.165) is 39.2 Å². The standard InChI is InChI=1S/C30H22FNO2/c1-19-7-16-25(28(33)17-19)27-18-26(29(32-27)21-5-3-2-4-6-21)20-8-10-22(11-9-20)30(34)23-12-14-24(31)15-13-23/h2-17,33H,18H2,1H3. The molecular formula is C30H22FNO2. The van der Waals surface area contributed by atoms with Crippen LogP contribution in [-0.4, -0.2) is 16.6 Å². The second-order valence-corrected chi connectivity index (χ2v) is 8.36. The van der Waals surface area contributed by atoms with Crippen LogP contribution in [0.1, 0.15) is 44.6 Å². The van der Waals surface area contributed by atoms with Crippen LogP contribution in [0.5, 0.6) is 5.75 Å². The van der Waals surface area contributed by atoms with E-state index in [1.165, 1.54) is 24.3 Å². The zero-order valence-corrected chi connectivity index (χ0v) is 18.6. The summed E-state index contributed by atoms with van der Waals surface area (Å²) < 4.78 is 13.2. The third-order valence-corrected chi connectivity index (χ3v) is 5.99. The van der Waals surface area contributed by atoms with Crippen molar-refractivity contribution in [1.29, 1.82) is 0 Å². The number of ketones is 1. The smallest absolute Gasteiger partial charge is 0.193 e. The van der Waals surface area contributed by atoms with Gasteiger partial charge in [0.25, 0.3) is 0 Å². The van der Waals surface area contributed by atoms with Gasteiger partial charge in [-0.3, -0.25) is 9.79 Å². The largest absolute Gasteiger partial charge is 0.507 e. The highest BCUT2D eigenvalue weighted by molar-refractivity contribution is 6.18. The Morgan fingerprint density at radius 1 is 0.824 bits per heavy atom. The Morgan fingerprint density at radius 3 is 2.12 bits per heavy atom. The van der Waals surface area contributed by atoms with E-state index in [9.17, 15) is 14.3 Å². The average molecular weight is 448 g/mol. The number of phenolic OH excluding ortho intramolecular Hbond substituents is 1. The van der Waals surface area contributed by atoms with Crippen molar-refractivity contribution in [2.24, 2.45) is 4.99 Å². The van der Waals surface area contributed by atoms with Crippen LogP contribution in [0, 0.1) is 12.7 Å². The van der Waals surface area contributed by atoms with Crippen LogP contribution in [0.4, 0.5) is 4.39 Å². The third-order valence-electron chi connectivity index (χ3n) is 5.99. The molecule has 0 radical (unpaired) electrons. The van der Waals surface area contributed by atoms with Gasteiger partial charge in [0, 0.05) is 28.7 Å². The number of carbonyl (C=O) groups excluding carboxylic acids is 1. The van der Waals surface area contributed by atoms with E-state index in [0.29, 0.717) is 17.5 Å². The second kappa shape index (κ2) is 8.91. The molecule has 1 aliphatic rings. The maximum absolute atomic E-state index is 13.2. The van der Waals surface area contributed by atoms with Crippen molar-refractivity contribution in [3.8, 4) is 5.75 Å². The number of benzene rings is 4. The van der Waals surface area contributed by atoms with Crippen molar-refractivity contribution in [2.45, 2.75) is 13.3 Å². The van der Waals surface area contributed by atoms with Crippen LogP contribution in [0.2, 0.25) is 0 Å². The highest BCUT2D eigenvalue weighted by atomic mass is 19.1. The zero-order valence-electron chi connectivity index (χ0n) is 18.6. The number of nitrogens with zero attached hydrogens (tertiary/aromatic N) is 1. The molecule has 0 spiro atoms. The van der Waals surface area contributed by atoms with Crippen LogP contribution in [-0.2, 0) is 0 Å². The lowest BCUT2D eigenvalue weighted by atomic mass is 9.94. The first-order valence-electron chi connectivity index (χ1n) is 11.1. The van der Waals surface area contributed by atoms with Crippen molar-refractivity contribution >= 4 is 22.8 Å². The SMILES string of the molecule is Cc1ccc(C2=NC(c3ccccc3)=C(c3ccc(C(=O)c4ccc(F)cc4)cc3)C2)c(O)c1. The molecule has 0 fully saturated rings. The van der Waals surface area contributed by atoms with E-state index in [4.69, 9.17) is 4.99 Å². The predicted octanol–water partition coefficient (Wildman–Crippen LogP) is 6.83. The molecule has 0 unspecified atom stereocenters. The van der Waals surface area contributed by atoms with Crippen molar-refractivity contribution in [1.82, 2.24) is 0 Å². The quantitative estimate of drug-likeness (QED) is 0.341. The van der Waals surface area contributed by atoms with Crippen molar-refractivity contribution in [3.05, 3.63) is 136 Å². The molecule has 34 heavy (non-hydrogen) atoms. The highest BCUT2D eigenvalue weighted by Crippen LogP contribution is 2.38. The first-order chi connectivity index (χ1) is 16.5. The Hall–Kier alpha value is -4.31. The van der Waals surface area contributed by atoms with Gasteiger partial charge in [-0.15, -0.1) is 0 Å². The first kappa shape index (κ1) is 21.5. The van der Waals surface area contributed by atoms with Gasteiger partial charge in [-0.05, 0) is 60.0 Å². The summed E-state index contributed by atoms with van der Waals surface area (Å²) >= 11 is 0. The molecule has 0 bridgehead atoms. The van der Waals surface area contributed by atoms with Gasteiger partial charge in [-0.25, -0.2) is 4.39 Å². The van der Waals surface area contributed by atoms with Gasteiger partial charge in [0.2, 0.25) is 0 Å². The highest BCUT2D eigenvalue weighted by Gasteiger charge is 2.23. The molecule has 1 aliphatic heterocycles. The van der Waals surface area contributed by atoms with Gasteiger partial charge < -0.3 is 5.11 Å². The van der Waals surface area contributed by atoms with Gasteiger partial charge in [0.15, 0.2) is 5.78 Å². The number of rotatable bonds is 5. The summed E-state index contributed by atoms with van der Waals surface area (Å²) in [4.78, 5) is 17.7. The van der Waals surface area contributed by atoms with Crippen LogP contribution in [0.15, 0.2) is 102 Å². The number of phenols is 1. The summed E-state index contributed by atoms with van der Waals surface area (Å²) in [6.07, 6.45) is 0.562. The molecule has 4 heteroatoms. The van der Waals surface area contributed by atoms with Crippen LogP contribution < -0.4 is 0 Å². The first-order valence-corrected chi connectivity index (χ1v) is 11.1. The minimum Gasteiger partial charge on any atom is -0.507 e. The lowest BCUT2D eigenvalue weighted by Crippen LogP contribution is -2.02. The normalized spacial score (nSPS) is 13.2. The van der Waals surface area contributed by atoms with Gasteiger partial charge in [0.1, 0.15) is 11.6 Å². The monoisotopic (exact) mass is 447 g/mol. The average Bonchev–Trinajstić information content (AvgIpc) is 3.30. The number of aromatic hydroxyl groups is 1. The summed E-state index contributed by atoms with van der Waals surface area (Å²) in [5, 5.41) is 10.5. The van der Waals surface area contributed by atoms with Crippen LogP contribution in [0.3, 0.4) is 0 Å². The Morgan fingerprint density at radius 2 is 1.47 bits per heavy atom. The summed E-state index contributed by atoms with van der Waals surface area (Å²) in [6, 6.07) is 28.5. The summed E-state index contributed by atoms with van der Waals surface area (Å²) in [6.45, 7) is 1.94. The molecule has 1 heterocycles. The number of allylic oxidation sites excluding steroid dienone is 1. The van der Waals surface area contributed by atoms with E-state index < -0.39 is 0 Å². The second-order valence-electron chi connectivity index (χ2n) is 8.36.